The molecule has 1 aromatic carbocycles. The third-order valence-electron chi connectivity index (χ3n) is 3.34. The Hall–Kier alpha value is -2.96. The van der Waals surface area contributed by atoms with Gasteiger partial charge in [0.15, 0.2) is 11.5 Å². The van der Waals surface area contributed by atoms with Gasteiger partial charge in [-0.2, -0.15) is 13.2 Å². The molecule has 3 aromatic heterocycles. The summed E-state index contributed by atoms with van der Waals surface area (Å²) in [6.45, 7) is 0. The van der Waals surface area contributed by atoms with Crippen LogP contribution in [0.2, 0.25) is 0 Å². The van der Waals surface area contributed by atoms with Gasteiger partial charge in [-0.05, 0) is 30.3 Å². The minimum Gasteiger partial charge on any atom is -0.459 e. The molecule has 0 aliphatic carbocycles. The molecule has 0 aliphatic heterocycles. The van der Waals surface area contributed by atoms with Crippen molar-refractivity contribution in [2.45, 2.75) is 6.18 Å². The van der Waals surface area contributed by atoms with Crippen LogP contribution in [0, 0.1) is 0 Å². The van der Waals surface area contributed by atoms with Gasteiger partial charge in [-0.15, -0.1) is 0 Å². The lowest BCUT2D eigenvalue weighted by atomic mass is 10.1. The Morgan fingerprint density at radius 2 is 1.83 bits per heavy atom. The van der Waals surface area contributed by atoms with Crippen LogP contribution in [0.25, 0.3) is 34.1 Å². The molecule has 0 spiro atoms. The van der Waals surface area contributed by atoms with E-state index in [1.807, 2.05) is 0 Å². The number of hydrogen-bond donors (Lipinski definition) is 0. The van der Waals surface area contributed by atoms with Crippen LogP contribution in [-0.4, -0.2) is 4.98 Å². The van der Waals surface area contributed by atoms with Crippen molar-refractivity contribution in [1.82, 2.24) is 4.98 Å². The number of oxazole rings is 1. The molecule has 0 saturated carbocycles. The predicted molar refractivity (Wildman–Crippen MR) is 74.4 cm³/mol. The van der Waals surface area contributed by atoms with E-state index in [9.17, 15) is 13.2 Å². The Balaban J connectivity index is 1.75. The SMILES string of the molecule is FC(F)(F)c1ccc2cc(-c3coc(-c4ccco4)n3)oc2c1. The van der Waals surface area contributed by atoms with Crippen LogP contribution in [0.1, 0.15) is 5.56 Å². The van der Waals surface area contributed by atoms with E-state index in [1.54, 1.807) is 18.2 Å². The summed E-state index contributed by atoms with van der Waals surface area (Å²) in [5.74, 6) is 1.04. The predicted octanol–water partition coefficient (Wildman–Crippen LogP) is 5.37. The fraction of sp³-hybridized carbons (Fsp3) is 0.0625. The van der Waals surface area contributed by atoms with E-state index in [2.05, 4.69) is 4.98 Å². The van der Waals surface area contributed by atoms with Crippen LogP contribution in [0.15, 0.2) is 62.2 Å². The van der Waals surface area contributed by atoms with E-state index in [1.165, 1.54) is 18.6 Å². The maximum atomic E-state index is 12.7. The number of alkyl halides is 3. The molecule has 0 unspecified atom stereocenters. The van der Waals surface area contributed by atoms with E-state index in [-0.39, 0.29) is 11.5 Å². The highest BCUT2D eigenvalue weighted by molar-refractivity contribution is 5.83. The van der Waals surface area contributed by atoms with Crippen LogP contribution in [0.4, 0.5) is 13.2 Å². The molecule has 0 amide bonds. The van der Waals surface area contributed by atoms with Crippen molar-refractivity contribution in [1.29, 1.82) is 0 Å². The number of fused-ring (bicyclic) bond motifs is 1. The topological polar surface area (TPSA) is 52.3 Å². The summed E-state index contributed by atoms with van der Waals surface area (Å²) in [5, 5.41) is 0.551. The van der Waals surface area contributed by atoms with Crippen molar-refractivity contribution < 1.29 is 26.4 Å². The van der Waals surface area contributed by atoms with Crippen LogP contribution in [0.3, 0.4) is 0 Å². The van der Waals surface area contributed by atoms with E-state index >= 15 is 0 Å². The average Bonchev–Trinajstić information content (AvgIpc) is 3.24. The molecule has 4 aromatic rings. The summed E-state index contributed by atoms with van der Waals surface area (Å²) in [7, 11) is 0. The van der Waals surface area contributed by atoms with Crippen LogP contribution in [0.5, 0.6) is 0 Å². The summed E-state index contributed by atoms with van der Waals surface area (Å²) >= 11 is 0. The Kier molecular flexibility index (Phi) is 2.84. The molecule has 4 nitrogen and oxygen atoms in total. The summed E-state index contributed by atoms with van der Waals surface area (Å²) in [5.41, 5.74) is -0.249. The molecule has 0 radical (unpaired) electrons. The van der Waals surface area contributed by atoms with E-state index in [0.717, 1.165) is 12.1 Å². The summed E-state index contributed by atoms with van der Waals surface area (Å²) in [6, 6.07) is 8.33. The number of hydrogen-bond acceptors (Lipinski definition) is 4. The van der Waals surface area contributed by atoms with Crippen molar-refractivity contribution in [2.24, 2.45) is 0 Å². The molecular weight excluding hydrogens is 311 g/mol. The maximum Gasteiger partial charge on any atom is 0.416 e. The lowest BCUT2D eigenvalue weighted by Gasteiger charge is -2.04. The fourth-order valence-electron chi connectivity index (χ4n) is 2.23. The van der Waals surface area contributed by atoms with Crippen LogP contribution in [-0.2, 0) is 6.18 Å². The number of furan rings is 2. The number of halogens is 3. The number of aromatic nitrogens is 1. The molecule has 0 fully saturated rings. The molecule has 4 rings (SSSR count). The third-order valence-corrected chi connectivity index (χ3v) is 3.34. The Bertz CT molecular complexity index is 964. The minimum absolute atomic E-state index is 0.136. The van der Waals surface area contributed by atoms with Gasteiger partial charge in [-0.25, -0.2) is 4.98 Å². The molecule has 0 saturated heterocycles. The largest absolute Gasteiger partial charge is 0.459 e. The van der Waals surface area contributed by atoms with Crippen molar-refractivity contribution in [3.05, 3.63) is 54.5 Å². The zero-order valence-electron chi connectivity index (χ0n) is 11.4. The van der Waals surface area contributed by atoms with E-state index in [4.69, 9.17) is 13.3 Å². The summed E-state index contributed by atoms with van der Waals surface area (Å²) in [4.78, 5) is 4.21. The molecule has 7 heteroatoms. The Morgan fingerprint density at radius 3 is 2.57 bits per heavy atom. The zero-order chi connectivity index (χ0) is 16.0. The van der Waals surface area contributed by atoms with Gasteiger partial charge >= 0.3 is 6.18 Å². The van der Waals surface area contributed by atoms with Gasteiger partial charge in [-0.3, -0.25) is 0 Å². The maximum absolute atomic E-state index is 12.7. The molecule has 0 N–H and O–H groups in total. The van der Waals surface area contributed by atoms with Gasteiger partial charge in [0.25, 0.3) is 5.89 Å². The second-order valence-corrected chi connectivity index (χ2v) is 4.88. The molecular formula is C16H8F3NO3. The normalized spacial score (nSPS) is 12.1. The Labute approximate surface area is 127 Å². The van der Waals surface area contributed by atoms with E-state index < -0.39 is 11.7 Å². The first kappa shape index (κ1) is 13.7. The summed E-state index contributed by atoms with van der Waals surface area (Å²) in [6.07, 6.45) is -1.57. The van der Waals surface area contributed by atoms with Crippen molar-refractivity contribution in [2.75, 3.05) is 0 Å². The lowest BCUT2D eigenvalue weighted by Crippen LogP contribution is -2.03. The van der Waals surface area contributed by atoms with Gasteiger partial charge < -0.3 is 13.3 Å². The first-order chi connectivity index (χ1) is 11.0. The number of nitrogens with zero attached hydrogens (tertiary/aromatic N) is 1. The second-order valence-electron chi connectivity index (χ2n) is 4.88. The average molecular weight is 319 g/mol. The minimum atomic E-state index is -4.42. The molecule has 23 heavy (non-hydrogen) atoms. The lowest BCUT2D eigenvalue weighted by molar-refractivity contribution is -0.137. The highest BCUT2D eigenvalue weighted by Crippen LogP contribution is 2.34. The highest BCUT2D eigenvalue weighted by Gasteiger charge is 2.31. The highest BCUT2D eigenvalue weighted by atomic mass is 19.4. The molecule has 0 atom stereocenters. The van der Waals surface area contributed by atoms with Gasteiger partial charge in [0.05, 0.1) is 11.8 Å². The molecule has 0 bridgehead atoms. The van der Waals surface area contributed by atoms with Gasteiger partial charge in [0.1, 0.15) is 17.5 Å². The standard InChI is InChI=1S/C16H8F3NO3/c17-16(18,19)10-4-3-9-6-14(23-13(9)7-10)11-8-22-15(20-11)12-2-1-5-21-12/h1-8H. The van der Waals surface area contributed by atoms with Crippen molar-refractivity contribution >= 4 is 11.0 Å². The quantitative estimate of drug-likeness (QED) is 0.498. The molecule has 116 valence electrons. The van der Waals surface area contributed by atoms with E-state index in [0.29, 0.717) is 22.6 Å². The number of rotatable bonds is 2. The molecule has 3 heterocycles. The Morgan fingerprint density at radius 1 is 0.957 bits per heavy atom. The van der Waals surface area contributed by atoms with Crippen LogP contribution >= 0.6 is 0 Å². The fourth-order valence-corrected chi connectivity index (χ4v) is 2.23. The van der Waals surface area contributed by atoms with Gasteiger partial charge in [0, 0.05) is 5.39 Å². The van der Waals surface area contributed by atoms with Gasteiger partial charge in [0.2, 0.25) is 0 Å². The van der Waals surface area contributed by atoms with Crippen molar-refractivity contribution in [3.63, 3.8) is 0 Å². The molecule has 0 aliphatic rings. The van der Waals surface area contributed by atoms with Gasteiger partial charge in [-0.1, -0.05) is 6.07 Å². The van der Waals surface area contributed by atoms with Crippen LogP contribution < -0.4 is 0 Å². The zero-order valence-corrected chi connectivity index (χ0v) is 11.4. The third kappa shape index (κ3) is 2.40. The number of benzene rings is 1. The summed E-state index contributed by atoms with van der Waals surface area (Å²) < 4.78 is 54.1. The first-order valence-corrected chi connectivity index (χ1v) is 6.61. The monoisotopic (exact) mass is 319 g/mol. The first-order valence-electron chi connectivity index (χ1n) is 6.61. The smallest absolute Gasteiger partial charge is 0.416 e. The second kappa shape index (κ2) is 4.77. The van der Waals surface area contributed by atoms with Crippen molar-refractivity contribution in [3.8, 4) is 23.1 Å².